The average molecular weight is 338 g/mol. The van der Waals surface area contributed by atoms with Gasteiger partial charge in [0.1, 0.15) is 17.9 Å². The molecule has 0 saturated heterocycles. The largest absolute Gasteiger partial charge is 0.298 e. The summed E-state index contributed by atoms with van der Waals surface area (Å²) in [6.45, 7) is 0.00941. The van der Waals surface area contributed by atoms with Crippen LogP contribution < -0.4 is 4.90 Å². The molecule has 0 bridgehead atoms. The molecular formula is C16H14N6OS. The minimum atomic E-state index is -0.150. The number of carbonyl (C=O) groups is 1. The van der Waals surface area contributed by atoms with Crippen LogP contribution in [-0.2, 0) is 11.8 Å². The van der Waals surface area contributed by atoms with Crippen LogP contribution in [0, 0.1) is 11.3 Å². The minimum absolute atomic E-state index is 0.00941. The highest BCUT2D eigenvalue weighted by Crippen LogP contribution is 2.24. The Morgan fingerprint density at radius 1 is 1.33 bits per heavy atom. The molecule has 0 aliphatic rings. The topological polar surface area (TPSA) is 87.7 Å². The highest BCUT2D eigenvalue weighted by molar-refractivity contribution is 8.00. The number of nitriles is 1. The lowest BCUT2D eigenvalue weighted by Crippen LogP contribution is -2.32. The van der Waals surface area contributed by atoms with Gasteiger partial charge in [0, 0.05) is 12.7 Å². The summed E-state index contributed by atoms with van der Waals surface area (Å²) in [6.07, 6.45) is 3.15. The number of carbonyl (C=O) groups excluding carboxylic acids is 1. The molecule has 0 spiro atoms. The molecule has 1 aromatic carbocycles. The van der Waals surface area contributed by atoms with Crippen LogP contribution in [0.3, 0.4) is 0 Å². The summed E-state index contributed by atoms with van der Waals surface area (Å²) in [6, 6.07) is 11.2. The maximum atomic E-state index is 12.5. The van der Waals surface area contributed by atoms with Gasteiger partial charge in [0.05, 0.1) is 23.4 Å². The zero-order valence-electron chi connectivity index (χ0n) is 13.0. The van der Waals surface area contributed by atoms with Gasteiger partial charge in [-0.1, -0.05) is 30.0 Å². The predicted octanol–water partition coefficient (Wildman–Crippen LogP) is 2.01. The monoisotopic (exact) mass is 338 g/mol. The molecule has 1 amide bonds. The Kier molecular flexibility index (Phi) is 4.72. The van der Waals surface area contributed by atoms with Gasteiger partial charge in [-0.3, -0.25) is 14.4 Å². The van der Waals surface area contributed by atoms with E-state index in [4.69, 9.17) is 5.26 Å². The molecule has 0 aliphatic carbocycles. The standard InChI is InChI=1S/C16H14N6OS/c1-21-15-13(9-20-21)16(19-11-18-15)24-10-14(23)22(8-7-17)12-5-3-2-4-6-12/h2-6,9,11H,8,10H2,1H3. The van der Waals surface area contributed by atoms with Crippen LogP contribution in [0.25, 0.3) is 11.0 Å². The van der Waals surface area contributed by atoms with Crippen molar-refractivity contribution in [2.24, 2.45) is 7.05 Å². The fourth-order valence-electron chi connectivity index (χ4n) is 2.27. The van der Waals surface area contributed by atoms with Crippen molar-refractivity contribution in [2.75, 3.05) is 17.2 Å². The van der Waals surface area contributed by atoms with Crippen LogP contribution in [0.4, 0.5) is 5.69 Å². The molecule has 2 aromatic heterocycles. The van der Waals surface area contributed by atoms with Gasteiger partial charge in [-0.25, -0.2) is 9.97 Å². The fraction of sp³-hybridized carbons (Fsp3) is 0.188. The van der Waals surface area contributed by atoms with E-state index in [-0.39, 0.29) is 18.2 Å². The number of rotatable bonds is 5. The van der Waals surface area contributed by atoms with Crippen LogP contribution in [0.15, 0.2) is 47.9 Å². The van der Waals surface area contributed by atoms with E-state index in [9.17, 15) is 4.79 Å². The number of hydrogen-bond acceptors (Lipinski definition) is 6. The summed E-state index contributed by atoms with van der Waals surface area (Å²) in [4.78, 5) is 22.4. The van der Waals surface area contributed by atoms with Gasteiger partial charge in [-0.2, -0.15) is 10.4 Å². The van der Waals surface area contributed by atoms with Gasteiger partial charge < -0.3 is 0 Å². The van der Waals surface area contributed by atoms with Crippen LogP contribution >= 0.6 is 11.8 Å². The summed E-state index contributed by atoms with van der Waals surface area (Å²) in [5.41, 5.74) is 1.43. The average Bonchev–Trinajstić information content (AvgIpc) is 3.00. The van der Waals surface area contributed by atoms with Crippen molar-refractivity contribution < 1.29 is 4.79 Å². The van der Waals surface area contributed by atoms with Crippen molar-refractivity contribution in [3.63, 3.8) is 0 Å². The number of benzene rings is 1. The molecule has 0 fully saturated rings. The number of thioether (sulfide) groups is 1. The third kappa shape index (κ3) is 3.21. The normalized spacial score (nSPS) is 10.5. The summed E-state index contributed by atoms with van der Waals surface area (Å²) < 4.78 is 1.66. The van der Waals surface area contributed by atoms with Gasteiger partial charge in [-0.05, 0) is 12.1 Å². The Bertz CT molecular complexity index is 902. The van der Waals surface area contributed by atoms with E-state index in [1.165, 1.54) is 23.0 Å². The van der Waals surface area contributed by atoms with Crippen molar-refractivity contribution in [2.45, 2.75) is 5.03 Å². The van der Waals surface area contributed by atoms with E-state index < -0.39 is 0 Å². The molecule has 120 valence electrons. The first-order chi connectivity index (χ1) is 11.7. The zero-order chi connectivity index (χ0) is 16.9. The maximum Gasteiger partial charge on any atom is 0.238 e. The van der Waals surface area contributed by atoms with Crippen LogP contribution in [0.5, 0.6) is 0 Å². The van der Waals surface area contributed by atoms with Gasteiger partial charge in [0.2, 0.25) is 5.91 Å². The van der Waals surface area contributed by atoms with E-state index in [0.717, 1.165) is 11.0 Å². The Labute approximate surface area is 142 Å². The summed E-state index contributed by atoms with van der Waals surface area (Å²) in [5, 5.41) is 14.7. The smallest absolute Gasteiger partial charge is 0.238 e. The molecule has 2 heterocycles. The molecule has 7 nitrogen and oxygen atoms in total. The zero-order valence-corrected chi connectivity index (χ0v) is 13.8. The molecule has 0 aliphatic heterocycles. The number of aromatic nitrogens is 4. The van der Waals surface area contributed by atoms with Crippen LogP contribution in [-0.4, -0.2) is 38.0 Å². The third-order valence-corrected chi connectivity index (χ3v) is 4.41. The van der Waals surface area contributed by atoms with E-state index >= 15 is 0 Å². The molecule has 3 rings (SSSR count). The number of aryl methyl sites for hydroxylation is 1. The predicted molar refractivity (Wildman–Crippen MR) is 91.4 cm³/mol. The lowest BCUT2D eigenvalue weighted by atomic mass is 10.3. The number of nitrogens with zero attached hydrogens (tertiary/aromatic N) is 6. The second-order valence-corrected chi connectivity index (χ2v) is 5.91. The summed E-state index contributed by atoms with van der Waals surface area (Å²) >= 11 is 1.32. The number of fused-ring (bicyclic) bond motifs is 1. The molecular weight excluding hydrogens is 324 g/mol. The quantitative estimate of drug-likeness (QED) is 0.402. The van der Waals surface area contributed by atoms with Gasteiger partial charge in [-0.15, -0.1) is 0 Å². The Hall–Kier alpha value is -2.92. The summed E-state index contributed by atoms with van der Waals surface area (Å²) in [7, 11) is 1.80. The second kappa shape index (κ2) is 7.10. The second-order valence-electron chi connectivity index (χ2n) is 4.95. The summed E-state index contributed by atoms with van der Waals surface area (Å²) in [5.74, 6) is 0.0285. The first-order valence-corrected chi connectivity index (χ1v) is 8.17. The number of amides is 1. The van der Waals surface area contributed by atoms with E-state index in [2.05, 4.69) is 15.1 Å². The Morgan fingerprint density at radius 3 is 2.88 bits per heavy atom. The highest BCUT2D eigenvalue weighted by Gasteiger charge is 2.17. The molecule has 0 unspecified atom stereocenters. The molecule has 24 heavy (non-hydrogen) atoms. The number of hydrogen-bond donors (Lipinski definition) is 0. The van der Waals surface area contributed by atoms with Gasteiger partial charge in [0.15, 0.2) is 5.65 Å². The van der Waals surface area contributed by atoms with Gasteiger partial charge >= 0.3 is 0 Å². The van der Waals surface area contributed by atoms with E-state index in [1.807, 2.05) is 36.4 Å². The van der Waals surface area contributed by atoms with Crippen molar-refractivity contribution in [3.8, 4) is 6.07 Å². The van der Waals surface area contributed by atoms with Crippen molar-refractivity contribution in [1.82, 2.24) is 19.7 Å². The lowest BCUT2D eigenvalue weighted by molar-refractivity contribution is -0.116. The Balaban J connectivity index is 1.77. The first-order valence-electron chi connectivity index (χ1n) is 7.18. The number of para-hydroxylation sites is 1. The van der Waals surface area contributed by atoms with Crippen LogP contribution in [0.1, 0.15) is 0 Å². The van der Waals surface area contributed by atoms with Gasteiger partial charge in [0.25, 0.3) is 0 Å². The molecule has 0 saturated carbocycles. The molecule has 0 atom stereocenters. The van der Waals surface area contributed by atoms with E-state index in [1.54, 1.807) is 17.9 Å². The molecule has 0 N–H and O–H groups in total. The molecule has 3 aromatic rings. The highest BCUT2D eigenvalue weighted by atomic mass is 32.2. The van der Waals surface area contributed by atoms with Crippen LogP contribution in [0.2, 0.25) is 0 Å². The number of anilines is 1. The lowest BCUT2D eigenvalue weighted by Gasteiger charge is -2.19. The molecule has 8 heteroatoms. The van der Waals surface area contributed by atoms with Crippen molar-refractivity contribution in [1.29, 1.82) is 5.26 Å². The Morgan fingerprint density at radius 2 is 2.12 bits per heavy atom. The van der Waals surface area contributed by atoms with E-state index in [0.29, 0.717) is 10.7 Å². The fourth-order valence-corrected chi connectivity index (χ4v) is 3.10. The molecule has 0 radical (unpaired) electrons. The van der Waals surface area contributed by atoms with Crippen molar-refractivity contribution in [3.05, 3.63) is 42.9 Å². The minimum Gasteiger partial charge on any atom is -0.298 e. The first kappa shape index (κ1) is 16.0. The van der Waals surface area contributed by atoms with Crippen molar-refractivity contribution >= 4 is 34.4 Å². The third-order valence-electron chi connectivity index (χ3n) is 3.42. The SMILES string of the molecule is Cn1ncc2c(SCC(=O)N(CC#N)c3ccccc3)ncnc21. The maximum absolute atomic E-state index is 12.5.